The molecule has 3 heteroatoms. The highest BCUT2D eigenvalue weighted by Gasteiger charge is 2.31. The Morgan fingerprint density at radius 3 is 2.81 bits per heavy atom. The minimum atomic E-state index is 0.130. The lowest BCUT2D eigenvalue weighted by atomic mass is 9.95. The fourth-order valence-corrected chi connectivity index (χ4v) is 3.91. The molecule has 1 aliphatic carbocycles. The molecule has 2 aromatic carbocycles. The largest absolute Gasteiger partial charge is 0.332 e. The van der Waals surface area contributed by atoms with Gasteiger partial charge in [-0.15, -0.1) is 0 Å². The molecule has 27 heavy (non-hydrogen) atoms. The van der Waals surface area contributed by atoms with Gasteiger partial charge < -0.3 is 10.2 Å². The van der Waals surface area contributed by atoms with Gasteiger partial charge in [-0.05, 0) is 79.1 Å². The van der Waals surface area contributed by atoms with Gasteiger partial charge in [-0.25, -0.2) is 0 Å². The number of nitrogens with zero attached hydrogens (tertiary/aromatic N) is 1. The molecule has 140 valence electrons. The zero-order valence-corrected chi connectivity index (χ0v) is 16.3. The van der Waals surface area contributed by atoms with Crippen LogP contribution >= 0.6 is 0 Å². The van der Waals surface area contributed by atoms with Crippen LogP contribution in [0.1, 0.15) is 46.2 Å². The van der Waals surface area contributed by atoms with E-state index in [1.807, 2.05) is 6.08 Å². The van der Waals surface area contributed by atoms with Crippen molar-refractivity contribution >= 4 is 12.0 Å². The van der Waals surface area contributed by atoms with Crippen molar-refractivity contribution in [3.8, 4) is 0 Å². The van der Waals surface area contributed by atoms with Crippen LogP contribution in [0.25, 0.3) is 6.08 Å². The molecule has 0 bridgehead atoms. The van der Waals surface area contributed by atoms with Crippen molar-refractivity contribution in [2.75, 3.05) is 6.54 Å². The van der Waals surface area contributed by atoms with Crippen LogP contribution in [0.15, 0.2) is 42.5 Å². The molecule has 0 unspecified atom stereocenters. The van der Waals surface area contributed by atoms with Crippen LogP contribution in [0.4, 0.5) is 0 Å². The van der Waals surface area contributed by atoms with E-state index in [1.165, 1.54) is 33.4 Å². The monoisotopic (exact) mass is 360 g/mol. The van der Waals surface area contributed by atoms with E-state index in [0.717, 1.165) is 32.4 Å². The first-order chi connectivity index (χ1) is 13.1. The summed E-state index contributed by atoms with van der Waals surface area (Å²) in [5.74, 6) is 0.130. The van der Waals surface area contributed by atoms with Gasteiger partial charge in [0.2, 0.25) is 5.91 Å². The Balaban J connectivity index is 1.53. The third-order valence-electron chi connectivity index (χ3n) is 5.91. The number of fused-ring (bicyclic) bond motifs is 1. The summed E-state index contributed by atoms with van der Waals surface area (Å²) in [5.41, 5.74) is 7.76. The smallest absolute Gasteiger partial charge is 0.247 e. The second-order valence-electron chi connectivity index (χ2n) is 7.80. The normalized spacial score (nSPS) is 16.4. The van der Waals surface area contributed by atoms with Crippen LogP contribution in [0, 0.1) is 13.8 Å². The van der Waals surface area contributed by atoms with Crippen LogP contribution in [0.5, 0.6) is 0 Å². The molecular weight excluding hydrogens is 332 g/mol. The van der Waals surface area contributed by atoms with E-state index in [0.29, 0.717) is 12.6 Å². The maximum Gasteiger partial charge on any atom is 0.247 e. The predicted molar refractivity (Wildman–Crippen MR) is 110 cm³/mol. The summed E-state index contributed by atoms with van der Waals surface area (Å²) >= 11 is 0. The van der Waals surface area contributed by atoms with Crippen LogP contribution in [0.3, 0.4) is 0 Å². The number of carbonyl (C=O) groups is 1. The van der Waals surface area contributed by atoms with Crippen molar-refractivity contribution in [3.05, 3.63) is 75.9 Å². The van der Waals surface area contributed by atoms with Gasteiger partial charge in [0.05, 0.1) is 0 Å². The maximum absolute atomic E-state index is 13.0. The molecule has 2 aliphatic rings. The molecule has 1 aliphatic heterocycles. The number of carbonyl (C=O) groups excluding carboxylic acids is 1. The fourth-order valence-electron chi connectivity index (χ4n) is 3.91. The summed E-state index contributed by atoms with van der Waals surface area (Å²) in [5, 5.41) is 3.41. The van der Waals surface area contributed by atoms with Gasteiger partial charge in [-0.2, -0.15) is 0 Å². The van der Waals surface area contributed by atoms with E-state index in [4.69, 9.17) is 0 Å². The van der Waals surface area contributed by atoms with Gasteiger partial charge in [0.15, 0.2) is 0 Å². The summed E-state index contributed by atoms with van der Waals surface area (Å²) in [6, 6.07) is 13.2. The highest BCUT2D eigenvalue weighted by molar-refractivity contribution is 5.92. The fraction of sp³-hybridized carbons (Fsp3) is 0.375. The number of aryl methyl sites for hydroxylation is 1. The third-order valence-corrected chi connectivity index (χ3v) is 5.91. The molecule has 1 heterocycles. The summed E-state index contributed by atoms with van der Waals surface area (Å²) < 4.78 is 0. The molecule has 1 fully saturated rings. The first-order valence-corrected chi connectivity index (χ1v) is 9.99. The number of nitrogens with one attached hydrogen (secondary N) is 1. The molecule has 0 aromatic heterocycles. The molecule has 0 atom stereocenters. The summed E-state index contributed by atoms with van der Waals surface area (Å²) in [7, 11) is 0. The summed E-state index contributed by atoms with van der Waals surface area (Å²) in [6.07, 6.45) is 7.07. The van der Waals surface area contributed by atoms with Crippen LogP contribution in [-0.4, -0.2) is 23.4 Å². The Hall–Kier alpha value is -2.39. The predicted octanol–water partition coefficient (Wildman–Crippen LogP) is 4.15. The number of hydrogen-bond acceptors (Lipinski definition) is 2. The van der Waals surface area contributed by atoms with Crippen molar-refractivity contribution < 1.29 is 4.79 Å². The van der Waals surface area contributed by atoms with E-state index in [-0.39, 0.29) is 5.91 Å². The van der Waals surface area contributed by atoms with Crippen molar-refractivity contribution in [1.29, 1.82) is 0 Å². The molecule has 0 saturated heterocycles. The van der Waals surface area contributed by atoms with E-state index >= 15 is 0 Å². The standard InChI is InChI=1S/C24H28N2O/c1-17-5-3-8-21(18(17)2)16-26(22-10-11-22)24(27)12-9-19-6-4-7-20-15-25-14-13-23(19)20/h3-9,12,22,25H,10-11,13-16H2,1-2H3/b12-9+. The highest BCUT2D eigenvalue weighted by atomic mass is 16.2. The minimum Gasteiger partial charge on any atom is -0.332 e. The quantitative estimate of drug-likeness (QED) is 0.812. The van der Waals surface area contributed by atoms with Gasteiger partial charge in [0.25, 0.3) is 0 Å². The Bertz CT molecular complexity index is 880. The number of hydrogen-bond donors (Lipinski definition) is 1. The molecule has 0 radical (unpaired) electrons. The van der Waals surface area contributed by atoms with Crippen LogP contribution in [-0.2, 0) is 24.3 Å². The Kier molecular flexibility index (Phi) is 5.13. The van der Waals surface area contributed by atoms with E-state index < -0.39 is 0 Å². The average molecular weight is 361 g/mol. The van der Waals surface area contributed by atoms with Gasteiger partial charge in [-0.3, -0.25) is 4.79 Å². The molecular formula is C24H28N2O. The Morgan fingerprint density at radius 2 is 2.00 bits per heavy atom. The lowest BCUT2D eigenvalue weighted by Gasteiger charge is -2.23. The van der Waals surface area contributed by atoms with Crippen molar-refractivity contribution in [2.24, 2.45) is 0 Å². The molecule has 0 spiro atoms. The molecule has 1 amide bonds. The van der Waals surface area contributed by atoms with Crippen molar-refractivity contribution in [3.63, 3.8) is 0 Å². The molecule has 3 nitrogen and oxygen atoms in total. The first-order valence-electron chi connectivity index (χ1n) is 9.99. The number of benzene rings is 2. The lowest BCUT2D eigenvalue weighted by molar-refractivity contribution is -0.127. The highest BCUT2D eigenvalue weighted by Crippen LogP contribution is 2.30. The van der Waals surface area contributed by atoms with Gasteiger partial charge in [0, 0.05) is 25.2 Å². The van der Waals surface area contributed by atoms with Crippen LogP contribution < -0.4 is 5.32 Å². The van der Waals surface area contributed by atoms with E-state index in [2.05, 4.69) is 60.5 Å². The molecule has 1 N–H and O–H groups in total. The van der Waals surface area contributed by atoms with Crippen molar-refractivity contribution in [1.82, 2.24) is 10.2 Å². The first kappa shape index (κ1) is 18.0. The van der Waals surface area contributed by atoms with Crippen molar-refractivity contribution in [2.45, 2.75) is 52.2 Å². The zero-order chi connectivity index (χ0) is 18.8. The van der Waals surface area contributed by atoms with Gasteiger partial charge in [-0.1, -0.05) is 36.4 Å². The molecule has 4 rings (SSSR count). The number of amides is 1. The Labute approximate surface area is 162 Å². The summed E-state index contributed by atoms with van der Waals surface area (Å²) in [6.45, 7) is 6.92. The summed E-state index contributed by atoms with van der Waals surface area (Å²) in [4.78, 5) is 15.0. The second kappa shape index (κ2) is 7.69. The Morgan fingerprint density at radius 1 is 1.19 bits per heavy atom. The SMILES string of the molecule is Cc1cccc(CN(C(=O)/C=C/c2cccc3c2CCNC3)C2CC2)c1C. The molecule has 1 saturated carbocycles. The van der Waals surface area contributed by atoms with Crippen LogP contribution in [0.2, 0.25) is 0 Å². The zero-order valence-electron chi connectivity index (χ0n) is 16.3. The maximum atomic E-state index is 13.0. The lowest BCUT2D eigenvalue weighted by Crippen LogP contribution is -2.31. The third kappa shape index (κ3) is 3.98. The topological polar surface area (TPSA) is 32.3 Å². The molecule has 2 aromatic rings. The second-order valence-corrected chi connectivity index (χ2v) is 7.80. The van der Waals surface area contributed by atoms with E-state index in [9.17, 15) is 4.79 Å². The minimum absolute atomic E-state index is 0.130. The van der Waals surface area contributed by atoms with E-state index in [1.54, 1.807) is 6.08 Å². The van der Waals surface area contributed by atoms with Gasteiger partial charge in [0.1, 0.15) is 0 Å². The number of rotatable bonds is 5. The average Bonchev–Trinajstić information content (AvgIpc) is 3.52. The van der Waals surface area contributed by atoms with Gasteiger partial charge >= 0.3 is 0 Å².